The summed E-state index contributed by atoms with van der Waals surface area (Å²) in [4.78, 5) is 14.3. The molecule has 1 fully saturated rings. The second-order valence-electron chi connectivity index (χ2n) is 7.74. The van der Waals surface area contributed by atoms with Crippen LogP contribution in [0.1, 0.15) is 36.2 Å². The van der Waals surface area contributed by atoms with Gasteiger partial charge in [-0.2, -0.15) is 0 Å². The fraction of sp³-hybridized carbons (Fsp3) is 0.619. The number of aliphatic imine (C=N–C) groups is 1. The van der Waals surface area contributed by atoms with E-state index in [-0.39, 0.29) is 24.0 Å². The molecule has 0 aliphatic carbocycles. The van der Waals surface area contributed by atoms with Gasteiger partial charge in [0.25, 0.3) is 0 Å². The Bertz CT molecular complexity index is 763. The molecular weight excluding hydrogens is 495 g/mol. The molecule has 0 spiro atoms. The Morgan fingerprint density at radius 3 is 2.72 bits per heavy atom. The minimum Gasteiger partial charge on any atom is -0.357 e. The molecule has 0 radical (unpaired) electrons. The average molecular weight is 531 g/mol. The monoisotopic (exact) mass is 530 g/mol. The zero-order chi connectivity index (χ0) is 19.9. The molecule has 0 saturated carbocycles. The number of hydrogen-bond donors (Lipinski definition) is 1. The lowest BCUT2D eigenvalue weighted by Crippen LogP contribution is -2.39. The van der Waals surface area contributed by atoms with E-state index in [1.54, 1.807) is 11.3 Å². The van der Waals surface area contributed by atoms with Gasteiger partial charge in [0.15, 0.2) is 5.96 Å². The van der Waals surface area contributed by atoms with Crippen molar-refractivity contribution in [2.75, 3.05) is 33.2 Å². The number of hydrogen-bond acceptors (Lipinski definition) is 4. The number of thiazole rings is 1. The molecule has 2 aromatic heterocycles. The minimum absolute atomic E-state index is 0. The number of nitrogens with zero attached hydrogens (tertiary/aromatic N) is 5. The highest BCUT2D eigenvalue weighted by Gasteiger charge is 2.20. The van der Waals surface area contributed by atoms with Crippen molar-refractivity contribution in [3.63, 3.8) is 0 Å². The van der Waals surface area contributed by atoms with Gasteiger partial charge in [-0.1, -0.05) is 0 Å². The molecule has 1 saturated heterocycles. The minimum atomic E-state index is 0. The molecule has 0 amide bonds. The van der Waals surface area contributed by atoms with Crippen LogP contribution in [0, 0.1) is 12.8 Å². The molecule has 1 N–H and O–H groups in total. The first-order valence-electron chi connectivity index (χ1n) is 10.3. The van der Waals surface area contributed by atoms with Crippen LogP contribution in [-0.4, -0.2) is 58.5 Å². The summed E-state index contributed by atoms with van der Waals surface area (Å²) in [6.07, 6.45) is 4.52. The summed E-state index contributed by atoms with van der Waals surface area (Å²) in [7, 11) is 4.21. The van der Waals surface area contributed by atoms with Crippen molar-refractivity contribution in [1.29, 1.82) is 0 Å². The van der Waals surface area contributed by atoms with Gasteiger partial charge in [0.2, 0.25) is 0 Å². The maximum absolute atomic E-state index is 4.95. The quantitative estimate of drug-likeness (QED) is 0.337. The second-order valence-corrected chi connectivity index (χ2v) is 8.80. The van der Waals surface area contributed by atoms with Crippen LogP contribution in [0.3, 0.4) is 0 Å². The first-order chi connectivity index (χ1) is 13.5. The van der Waals surface area contributed by atoms with Gasteiger partial charge in [0.1, 0.15) is 0 Å². The Morgan fingerprint density at radius 1 is 1.38 bits per heavy atom. The summed E-state index contributed by atoms with van der Waals surface area (Å²) >= 11 is 1.75. The molecule has 6 nitrogen and oxygen atoms in total. The maximum atomic E-state index is 4.95. The third-order valence-corrected chi connectivity index (χ3v) is 6.23. The fourth-order valence-corrected chi connectivity index (χ4v) is 4.30. The Kier molecular flexibility index (Phi) is 9.91. The summed E-state index contributed by atoms with van der Waals surface area (Å²) in [5, 5.41) is 6.80. The van der Waals surface area contributed by atoms with Crippen LogP contribution in [0.25, 0.3) is 0 Å². The Hall–Kier alpha value is -1.13. The molecule has 1 aliphatic rings. The standard InChI is InChI=1S/C21H34N6S.HI/c1-5-22-21(26(4)15-20-7-6-10-25(20)3)23-13-18-8-11-27(12-9-18)14-19-16-28-17(2)24-19;/h6-7,10,16,18H,5,8-9,11-15H2,1-4H3,(H,22,23);1H. The molecule has 29 heavy (non-hydrogen) atoms. The lowest BCUT2D eigenvalue weighted by molar-refractivity contribution is 0.179. The van der Waals surface area contributed by atoms with E-state index in [1.165, 1.54) is 24.2 Å². The molecule has 0 atom stereocenters. The Labute approximate surface area is 196 Å². The first-order valence-corrected chi connectivity index (χ1v) is 11.2. The SMILES string of the molecule is CCNC(=NCC1CCN(Cc2csc(C)n2)CC1)N(C)Cc1cccn1C.I. The third kappa shape index (κ3) is 7.25. The molecule has 0 unspecified atom stereocenters. The number of aryl methyl sites for hydroxylation is 2. The lowest BCUT2D eigenvalue weighted by Gasteiger charge is -2.31. The van der Waals surface area contributed by atoms with E-state index in [0.29, 0.717) is 5.92 Å². The second kappa shape index (κ2) is 11.9. The van der Waals surface area contributed by atoms with Gasteiger partial charge in [-0.15, -0.1) is 35.3 Å². The molecule has 2 aromatic rings. The molecule has 1 aliphatic heterocycles. The Balaban J connectivity index is 0.00000300. The lowest BCUT2D eigenvalue weighted by atomic mass is 9.97. The fourth-order valence-electron chi connectivity index (χ4n) is 3.70. The van der Waals surface area contributed by atoms with Crippen molar-refractivity contribution >= 4 is 41.3 Å². The molecule has 8 heteroatoms. The van der Waals surface area contributed by atoms with Gasteiger partial charge in [0.05, 0.1) is 17.2 Å². The van der Waals surface area contributed by atoms with E-state index in [9.17, 15) is 0 Å². The Morgan fingerprint density at radius 2 is 2.14 bits per heavy atom. The molecule has 3 rings (SSSR count). The van der Waals surface area contributed by atoms with Gasteiger partial charge >= 0.3 is 0 Å². The largest absolute Gasteiger partial charge is 0.357 e. The van der Waals surface area contributed by atoms with E-state index in [2.05, 4.69) is 76.3 Å². The van der Waals surface area contributed by atoms with E-state index in [1.807, 2.05) is 0 Å². The zero-order valence-corrected chi connectivity index (χ0v) is 21.2. The smallest absolute Gasteiger partial charge is 0.194 e. The number of aromatic nitrogens is 2. The number of likely N-dealkylation sites (tertiary alicyclic amines) is 1. The van der Waals surface area contributed by atoms with E-state index in [0.717, 1.165) is 50.2 Å². The molecule has 0 aromatic carbocycles. The highest BCUT2D eigenvalue weighted by atomic mass is 127. The van der Waals surface area contributed by atoms with Gasteiger partial charge in [-0.05, 0) is 57.8 Å². The summed E-state index contributed by atoms with van der Waals surface area (Å²) in [5.41, 5.74) is 2.51. The maximum Gasteiger partial charge on any atom is 0.194 e. The van der Waals surface area contributed by atoms with Crippen LogP contribution in [0.4, 0.5) is 0 Å². The number of piperidine rings is 1. The zero-order valence-electron chi connectivity index (χ0n) is 18.1. The molecule has 162 valence electrons. The van der Waals surface area contributed by atoms with Crippen LogP contribution in [0.5, 0.6) is 0 Å². The summed E-state index contributed by atoms with van der Waals surface area (Å²) in [6, 6.07) is 4.26. The highest BCUT2D eigenvalue weighted by Crippen LogP contribution is 2.20. The predicted molar refractivity (Wildman–Crippen MR) is 133 cm³/mol. The van der Waals surface area contributed by atoms with Crippen molar-refractivity contribution in [2.24, 2.45) is 18.0 Å². The number of nitrogens with one attached hydrogen (secondary N) is 1. The number of guanidine groups is 1. The van der Waals surface area contributed by atoms with Gasteiger partial charge in [-0.3, -0.25) is 9.89 Å². The van der Waals surface area contributed by atoms with Crippen molar-refractivity contribution in [1.82, 2.24) is 24.7 Å². The third-order valence-electron chi connectivity index (χ3n) is 5.41. The van der Waals surface area contributed by atoms with E-state index < -0.39 is 0 Å². The predicted octanol–water partition coefficient (Wildman–Crippen LogP) is 3.72. The van der Waals surface area contributed by atoms with Crippen LogP contribution < -0.4 is 5.32 Å². The number of halogens is 1. The van der Waals surface area contributed by atoms with Crippen LogP contribution >= 0.6 is 35.3 Å². The topological polar surface area (TPSA) is 48.7 Å². The molecule has 0 bridgehead atoms. The highest BCUT2D eigenvalue weighted by molar-refractivity contribution is 14.0. The van der Waals surface area contributed by atoms with E-state index >= 15 is 0 Å². The van der Waals surface area contributed by atoms with Crippen molar-refractivity contribution in [2.45, 2.75) is 39.8 Å². The number of rotatable bonds is 7. The average Bonchev–Trinajstić information content (AvgIpc) is 3.28. The van der Waals surface area contributed by atoms with Gasteiger partial charge in [-0.25, -0.2) is 4.98 Å². The van der Waals surface area contributed by atoms with Gasteiger partial charge in [0, 0.05) is 51.0 Å². The molecule has 3 heterocycles. The summed E-state index contributed by atoms with van der Waals surface area (Å²) in [6.45, 7) is 10.1. The summed E-state index contributed by atoms with van der Waals surface area (Å²) < 4.78 is 2.17. The molecular formula is C21H35IN6S. The van der Waals surface area contributed by atoms with E-state index in [4.69, 9.17) is 4.99 Å². The first kappa shape index (κ1) is 24.1. The van der Waals surface area contributed by atoms with Gasteiger partial charge < -0.3 is 14.8 Å². The van der Waals surface area contributed by atoms with Crippen LogP contribution in [0.2, 0.25) is 0 Å². The summed E-state index contributed by atoms with van der Waals surface area (Å²) in [5.74, 6) is 1.68. The van der Waals surface area contributed by atoms with Crippen molar-refractivity contribution in [3.8, 4) is 0 Å². The van der Waals surface area contributed by atoms with Crippen molar-refractivity contribution in [3.05, 3.63) is 40.1 Å². The van der Waals surface area contributed by atoms with Crippen molar-refractivity contribution < 1.29 is 0 Å². The van der Waals surface area contributed by atoms with Crippen LogP contribution in [-0.2, 0) is 20.1 Å². The van der Waals surface area contributed by atoms with Crippen LogP contribution in [0.15, 0.2) is 28.7 Å². The normalized spacial score (nSPS) is 15.9.